The van der Waals surface area contributed by atoms with Gasteiger partial charge in [-0.15, -0.1) is 11.6 Å². The number of esters is 1. The predicted molar refractivity (Wildman–Crippen MR) is 68.0 cm³/mol. The van der Waals surface area contributed by atoms with Gasteiger partial charge >= 0.3 is 5.97 Å². The Morgan fingerprint density at radius 2 is 2.11 bits per heavy atom. The molecular formula is C13H15ClO4. The molecule has 0 unspecified atom stereocenters. The summed E-state index contributed by atoms with van der Waals surface area (Å²) in [5.41, 5.74) is 1.10. The maximum absolute atomic E-state index is 11.6. The van der Waals surface area contributed by atoms with Gasteiger partial charge in [-0.1, -0.05) is 6.07 Å². The third-order valence-electron chi connectivity index (χ3n) is 2.41. The largest absolute Gasteiger partial charge is 0.462 e. The lowest BCUT2D eigenvalue weighted by Crippen LogP contribution is -2.10. The molecule has 1 aromatic rings. The third kappa shape index (κ3) is 3.55. The minimum Gasteiger partial charge on any atom is -0.462 e. The van der Waals surface area contributed by atoms with Crippen molar-refractivity contribution >= 4 is 23.4 Å². The molecule has 0 aliphatic heterocycles. The van der Waals surface area contributed by atoms with Crippen LogP contribution >= 0.6 is 11.6 Å². The summed E-state index contributed by atoms with van der Waals surface area (Å²) in [5.74, 6) is -0.375. The summed E-state index contributed by atoms with van der Waals surface area (Å²) in [6.07, 6.45) is 0.227. The van der Waals surface area contributed by atoms with E-state index in [2.05, 4.69) is 0 Å². The highest BCUT2D eigenvalue weighted by atomic mass is 35.5. The normalized spacial score (nSPS) is 10.2. The van der Waals surface area contributed by atoms with Gasteiger partial charge in [-0.05, 0) is 24.6 Å². The van der Waals surface area contributed by atoms with Crippen molar-refractivity contribution in [1.82, 2.24) is 0 Å². The molecule has 0 aromatic heterocycles. The minimum absolute atomic E-state index is 0.116. The molecule has 0 bridgehead atoms. The topological polar surface area (TPSA) is 63.6 Å². The number of carbonyl (C=O) groups is 2. The summed E-state index contributed by atoms with van der Waals surface area (Å²) in [6.45, 7) is 1.64. The van der Waals surface area contributed by atoms with Crippen molar-refractivity contribution in [2.24, 2.45) is 0 Å². The van der Waals surface area contributed by atoms with E-state index in [1.54, 1.807) is 13.0 Å². The van der Waals surface area contributed by atoms with Gasteiger partial charge in [0, 0.05) is 17.9 Å². The van der Waals surface area contributed by atoms with Crippen LogP contribution in [0.4, 0.5) is 0 Å². The van der Waals surface area contributed by atoms with Crippen LogP contribution in [-0.2, 0) is 11.3 Å². The number of alkyl halides is 1. The van der Waals surface area contributed by atoms with E-state index in [1.165, 1.54) is 12.1 Å². The molecule has 5 heteroatoms. The van der Waals surface area contributed by atoms with Gasteiger partial charge in [0.15, 0.2) is 5.78 Å². The van der Waals surface area contributed by atoms with Gasteiger partial charge in [0.25, 0.3) is 0 Å². The van der Waals surface area contributed by atoms with E-state index >= 15 is 0 Å². The van der Waals surface area contributed by atoms with E-state index < -0.39 is 5.97 Å². The zero-order chi connectivity index (χ0) is 13.5. The van der Waals surface area contributed by atoms with Gasteiger partial charge in [-0.25, -0.2) is 4.79 Å². The van der Waals surface area contributed by atoms with E-state index in [1.807, 2.05) is 0 Å². The van der Waals surface area contributed by atoms with Crippen molar-refractivity contribution in [2.75, 3.05) is 12.5 Å². The summed E-state index contributed by atoms with van der Waals surface area (Å²) in [6, 6.07) is 4.53. The number of aliphatic hydroxyl groups is 1. The van der Waals surface area contributed by atoms with E-state index in [0.717, 1.165) is 0 Å². The minimum atomic E-state index is -0.502. The van der Waals surface area contributed by atoms with Crippen LogP contribution in [0.1, 0.15) is 39.6 Å². The third-order valence-corrected chi connectivity index (χ3v) is 2.60. The average Bonchev–Trinajstić information content (AvgIpc) is 2.38. The SMILES string of the molecule is CCOC(=O)c1ccc(C(=O)CCCl)cc1CO. The Kier molecular flexibility index (Phi) is 5.82. The number of carbonyl (C=O) groups excluding carboxylic acids is 2. The van der Waals surface area contributed by atoms with Crippen molar-refractivity contribution in [1.29, 1.82) is 0 Å². The first kappa shape index (κ1) is 14.7. The van der Waals surface area contributed by atoms with Crippen LogP contribution < -0.4 is 0 Å². The Labute approximate surface area is 111 Å². The number of hydrogen-bond acceptors (Lipinski definition) is 4. The van der Waals surface area contributed by atoms with Gasteiger partial charge in [0.1, 0.15) is 0 Å². The van der Waals surface area contributed by atoms with E-state index in [0.29, 0.717) is 11.1 Å². The highest BCUT2D eigenvalue weighted by molar-refractivity contribution is 6.19. The van der Waals surface area contributed by atoms with Crippen LogP contribution in [0.5, 0.6) is 0 Å². The summed E-state index contributed by atoms with van der Waals surface area (Å²) >= 11 is 5.50. The van der Waals surface area contributed by atoms with Crippen LogP contribution in [0.2, 0.25) is 0 Å². The van der Waals surface area contributed by atoms with Gasteiger partial charge in [0.05, 0.1) is 18.8 Å². The molecule has 0 aliphatic carbocycles. The van der Waals surface area contributed by atoms with Crippen molar-refractivity contribution in [2.45, 2.75) is 20.0 Å². The molecule has 0 aliphatic rings. The first-order chi connectivity index (χ1) is 8.63. The number of ketones is 1. The average molecular weight is 271 g/mol. The molecule has 98 valence electrons. The van der Waals surface area contributed by atoms with Gasteiger partial charge in [-0.3, -0.25) is 4.79 Å². The molecular weight excluding hydrogens is 256 g/mol. The van der Waals surface area contributed by atoms with Crippen LogP contribution in [0.15, 0.2) is 18.2 Å². The molecule has 0 radical (unpaired) electrons. The molecule has 0 amide bonds. The Balaban J connectivity index is 3.03. The van der Waals surface area contributed by atoms with Crippen LogP contribution in [0, 0.1) is 0 Å². The molecule has 1 N–H and O–H groups in total. The second-order valence-electron chi connectivity index (χ2n) is 3.61. The number of hydrogen-bond donors (Lipinski definition) is 1. The molecule has 1 rings (SSSR count). The second-order valence-corrected chi connectivity index (χ2v) is 3.99. The maximum Gasteiger partial charge on any atom is 0.338 e. The highest BCUT2D eigenvalue weighted by Gasteiger charge is 2.14. The molecule has 0 saturated carbocycles. The summed E-state index contributed by atoms with van der Waals surface area (Å²) < 4.78 is 4.86. The van der Waals surface area contributed by atoms with Gasteiger partial charge < -0.3 is 9.84 Å². The van der Waals surface area contributed by atoms with Crippen LogP contribution in [0.3, 0.4) is 0 Å². The number of aliphatic hydroxyl groups excluding tert-OH is 1. The monoisotopic (exact) mass is 270 g/mol. The summed E-state index contributed by atoms with van der Waals surface area (Å²) in [5, 5.41) is 9.23. The van der Waals surface area contributed by atoms with Crippen molar-refractivity contribution in [3.05, 3.63) is 34.9 Å². The molecule has 0 heterocycles. The van der Waals surface area contributed by atoms with Gasteiger partial charge in [0.2, 0.25) is 0 Å². The fourth-order valence-corrected chi connectivity index (χ4v) is 1.71. The van der Waals surface area contributed by atoms with E-state index in [9.17, 15) is 14.7 Å². The standard InChI is InChI=1S/C13H15ClO4/c1-2-18-13(17)11-4-3-9(7-10(11)8-15)12(16)5-6-14/h3-4,7,15H,2,5-6,8H2,1H3. The fourth-order valence-electron chi connectivity index (χ4n) is 1.54. The van der Waals surface area contributed by atoms with Gasteiger partial charge in [-0.2, -0.15) is 0 Å². The molecule has 4 nitrogen and oxygen atoms in total. The zero-order valence-electron chi connectivity index (χ0n) is 10.1. The quantitative estimate of drug-likeness (QED) is 0.489. The van der Waals surface area contributed by atoms with Crippen LogP contribution in [-0.4, -0.2) is 29.3 Å². The number of halogens is 1. The number of Topliss-reactive ketones (excluding diaryl/α,β-unsaturated/α-hetero) is 1. The number of rotatable bonds is 6. The lowest BCUT2D eigenvalue weighted by Gasteiger charge is -2.08. The van der Waals surface area contributed by atoms with E-state index in [-0.39, 0.29) is 36.9 Å². The van der Waals surface area contributed by atoms with Crippen molar-refractivity contribution in [3.8, 4) is 0 Å². The lowest BCUT2D eigenvalue weighted by molar-refractivity contribution is 0.0522. The number of ether oxygens (including phenoxy) is 1. The molecule has 0 spiro atoms. The number of benzene rings is 1. The van der Waals surface area contributed by atoms with Crippen LogP contribution in [0.25, 0.3) is 0 Å². The molecule has 1 aromatic carbocycles. The Hall–Kier alpha value is -1.39. The highest BCUT2D eigenvalue weighted by Crippen LogP contribution is 2.15. The van der Waals surface area contributed by atoms with Crippen molar-refractivity contribution in [3.63, 3.8) is 0 Å². The Morgan fingerprint density at radius 3 is 2.67 bits per heavy atom. The molecule has 0 saturated heterocycles. The first-order valence-corrected chi connectivity index (χ1v) is 6.17. The second kappa shape index (κ2) is 7.13. The molecule has 0 fully saturated rings. The molecule has 0 atom stereocenters. The zero-order valence-corrected chi connectivity index (χ0v) is 10.9. The summed E-state index contributed by atoms with van der Waals surface area (Å²) in [4.78, 5) is 23.2. The summed E-state index contributed by atoms with van der Waals surface area (Å²) in [7, 11) is 0. The Morgan fingerprint density at radius 1 is 1.39 bits per heavy atom. The lowest BCUT2D eigenvalue weighted by atomic mass is 10.0. The van der Waals surface area contributed by atoms with Crippen molar-refractivity contribution < 1.29 is 19.4 Å². The Bertz CT molecular complexity index is 443. The van der Waals surface area contributed by atoms with E-state index in [4.69, 9.17) is 16.3 Å². The first-order valence-electron chi connectivity index (χ1n) is 5.64. The predicted octanol–water partition coefficient (Wildman–Crippen LogP) is 2.17. The maximum atomic E-state index is 11.6. The smallest absolute Gasteiger partial charge is 0.338 e. The molecule has 18 heavy (non-hydrogen) atoms. The fraction of sp³-hybridized carbons (Fsp3) is 0.385.